The number of benzene rings is 3. The molecule has 3 amide bonds. The van der Waals surface area contributed by atoms with Gasteiger partial charge in [0.05, 0.1) is 22.3 Å². The Balaban J connectivity index is 1.34. The number of para-hydroxylation sites is 1. The van der Waals surface area contributed by atoms with Gasteiger partial charge in [-0.25, -0.2) is 0 Å². The summed E-state index contributed by atoms with van der Waals surface area (Å²) in [5.41, 5.74) is 1.54. The molecule has 1 unspecified atom stereocenters. The van der Waals surface area contributed by atoms with Crippen LogP contribution in [0.25, 0.3) is 11.0 Å². The quantitative estimate of drug-likeness (QED) is 0.396. The molecule has 172 valence electrons. The van der Waals surface area contributed by atoms with Crippen LogP contribution in [0.4, 0.5) is 11.4 Å². The molecule has 0 fully saturated rings. The van der Waals surface area contributed by atoms with Crippen LogP contribution in [0.2, 0.25) is 0 Å². The lowest BCUT2D eigenvalue weighted by atomic mass is 10.0. The van der Waals surface area contributed by atoms with Gasteiger partial charge >= 0.3 is 11.1 Å². The predicted molar refractivity (Wildman–Crippen MR) is 127 cm³/mol. The number of carbonyl (C=O) groups is 3. The predicted octanol–water partition coefficient (Wildman–Crippen LogP) is 1.97. The molecule has 0 radical (unpaired) electrons. The highest BCUT2D eigenvalue weighted by Crippen LogP contribution is 2.44. The number of anilines is 2. The number of aromatic nitrogens is 2. The van der Waals surface area contributed by atoms with Gasteiger partial charge in [0.1, 0.15) is 12.7 Å². The number of rotatable bonds is 3. The number of H-pyrrole nitrogens is 2. The molecule has 0 bridgehead atoms. The summed E-state index contributed by atoms with van der Waals surface area (Å²) in [5, 5.41) is 2.72. The van der Waals surface area contributed by atoms with Crippen LogP contribution in [-0.4, -0.2) is 39.1 Å². The number of aromatic amines is 2. The van der Waals surface area contributed by atoms with E-state index in [1.807, 2.05) is 0 Å². The SMILES string of the molecule is O=C(CN1C(=O)c2ccccc2N2C(=O)c3ccccc3C12)Nc1ccc2[nH]c(=O)c(=O)[nH]c2c1. The van der Waals surface area contributed by atoms with Gasteiger partial charge in [-0.2, -0.15) is 0 Å². The van der Waals surface area contributed by atoms with E-state index in [0.29, 0.717) is 39.1 Å². The second kappa shape index (κ2) is 7.52. The van der Waals surface area contributed by atoms with Crippen molar-refractivity contribution in [3.8, 4) is 0 Å². The lowest BCUT2D eigenvalue weighted by Gasteiger charge is -2.40. The maximum absolute atomic E-state index is 13.4. The highest BCUT2D eigenvalue weighted by molar-refractivity contribution is 6.17. The fourth-order valence-electron chi connectivity index (χ4n) is 4.68. The van der Waals surface area contributed by atoms with E-state index in [1.165, 1.54) is 11.0 Å². The van der Waals surface area contributed by atoms with E-state index < -0.39 is 23.2 Å². The molecule has 35 heavy (non-hydrogen) atoms. The molecule has 2 aliphatic heterocycles. The van der Waals surface area contributed by atoms with Gasteiger partial charge in [0.15, 0.2) is 0 Å². The molecule has 4 aromatic rings. The van der Waals surface area contributed by atoms with Crippen LogP contribution >= 0.6 is 0 Å². The Kier molecular flexibility index (Phi) is 4.43. The smallest absolute Gasteiger partial charge is 0.314 e. The summed E-state index contributed by atoms with van der Waals surface area (Å²) in [7, 11) is 0. The van der Waals surface area contributed by atoms with Crippen LogP contribution in [0.3, 0.4) is 0 Å². The van der Waals surface area contributed by atoms with Crippen molar-refractivity contribution < 1.29 is 14.4 Å². The van der Waals surface area contributed by atoms with E-state index in [0.717, 1.165) is 0 Å². The Labute approximate surface area is 196 Å². The third-order valence-electron chi connectivity index (χ3n) is 6.20. The van der Waals surface area contributed by atoms with Gasteiger partial charge in [0.2, 0.25) is 5.91 Å². The third-order valence-corrected chi connectivity index (χ3v) is 6.20. The Morgan fingerprint density at radius 2 is 1.49 bits per heavy atom. The lowest BCUT2D eigenvalue weighted by molar-refractivity contribution is -0.117. The largest absolute Gasteiger partial charge is 0.324 e. The molecule has 3 N–H and O–H groups in total. The van der Waals surface area contributed by atoms with Crippen LogP contribution < -0.4 is 21.3 Å². The topological polar surface area (TPSA) is 135 Å². The van der Waals surface area contributed by atoms with Crippen molar-refractivity contribution in [2.75, 3.05) is 16.8 Å². The summed E-state index contributed by atoms with van der Waals surface area (Å²) in [4.78, 5) is 70.7. The standard InChI is InChI=1S/C25H17N5O5/c31-20(26-13-9-10-17-18(11-13)28-22(33)21(32)27-17)12-29-23-14-5-1-2-6-15(14)25(35)30(23)19-8-4-3-7-16(19)24(29)34/h1-11,23H,12H2,(H,26,31)(H,27,32)(H,28,33). The Morgan fingerprint density at radius 1 is 0.800 bits per heavy atom. The molecule has 0 spiro atoms. The Bertz CT molecular complexity index is 1690. The maximum Gasteiger partial charge on any atom is 0.314 e. The van der Waals surface area contributed by atoms with Gasteiger partial charge in [0, 0.05) is 16.8 Å². The van der Waals surface area contributed by atoms with E-state index in [-0.39, 0.29) is 18.4 Å². The number of hydrogen-bond donors (Lipinski definition) is 3. The van der Waals surface area contributed by atoms with Crippen LogP contribution in [0.15, 0.2) is 76.3 Å². The normalized spacial score (nSPS) is 16.2. The van der Waals surface area contributed by atoms with Gasteiger partial charge in [-0.1, -0.05) is 30.3 Å². The first-order valence-electron chi connectivity index (χ1n) is 10.8. The average Bonchev–Trinajstić information content (AvgIpc) is 3.15. The first-order chi connectivity index (χ1) is 16.9. The zero-order valence-electron chi connectivity index (χ0n) is 18.1. The highest BCUT2D eigenvalue weighted by Gasteiger charge is 2.48. The van der Waals surface area contributed by atoms with E-state index in [2.05, 4.69) is 15.3 Å². The minimum absolute atomic E-state index is 0.233. The molecule has 2 aliphatic rings. The van der Waals surface area contributed by atoms with Gasteiger partial charge in [-0.3, -0.25) is 28.9 Å². The Morgan fingerprint density at radius 3 is 2.29 bits per heavy atom. The van der Waals surface area contributed by atoms with E-state index >= 15 is 0 Å². The first-order valence-corrected chi connectivity index (χ1v) is 10.8. The van der Waals surface area contributed by atoms with Crippen LogP contribution in [0, 0.1) is 0 Å². The van der Waals surface area contributed by atoms with Crippen LogP contribution in [-0.2, 0) is 4.79 Å². The van der Waals surface area contributed by atoms with Crippen molar-refractivity contribution in [3.05, 3.63) is 104 Å². The molecule has 0 saturated heterocycles. The fraction of sp³-hybridized carbons (Fsp3) is 0.0800. The van der Waals surface area contributed by atoms with E-state index in [4.69, 9.17) is 0 Å². The van der Waals surface area contributed by atoms with Crippen molar-refractivity contribution in [2.24, 2.45) is 0 Å². The number of fused-ring (bicyclic) bond motifs is 6. The minimum Gasteiger partial charge on any atom is -0.324 e. The molecule has 0 aliphatic carbocycles. The van der Waals surface area contributed by atoms with Crippen LogP contribution in [0.1, 0.15) is 32.4 Å². The number of hydrogen-bond acceptors (Lipinski definition) is 5. The molecule has 0 saturated carbocycles. The third kappa shape index (κ3) is 3.15. The van der Waals surface area contributed by atoms with Crippen molar-refractivity contribution in [1.82, 2.24) is 14.9 Å². The second-order valence-electron chi connectivity index (χ2n) is 8.30. The molecule has 1 aromatic heterocycles. The van der Waals surface area contributed by atoms with Gasteiger partial charge in [0.25, 0.3) is 11.8 Å². The fourth-order valence-corrected chi connectivity index (χ4v) is 4.68. The lowest BCUT2D eigenvalue weighted by Crippen LogP contribution is -2.50. The molecular weight excluding hydrogens is 450 g/mol. The zero-order chi connectivity index (χ0) is 24.3. The number of carbonyl (C=O) groups excluding carboxylic acids is 3. The summed E-state index contributed by atoms with van der Waals surface area (Å²) in [6, 6.07) is 18.5. The Hall–Kier alpha value is -4.99. The average molecular weight is 467 g/mol. The maximum atomic E-state index is 13.4. The number of nitrogens with one attached hydrogen (secondary N) is 3. The monoisotopic (exact) mass is 467 g/mol. The first kappa shape index (κ1) is 20.6. The number of amides is 3. The number of nitrogens with zero attached hydrogens (tertiary/aromatic N) is 2. The molecule has 10 heteroatoms. The van der Waals surface area contributed by atoms with E-state index in [1.54, 1.807) is 65.6 Å². The van der Waals surface area contributed by atoms with Gasteiger partial charge in [-0.15, -0.1) is 0 Å². The summed E-state index contributed by atoms with van der Waals surface area (Å²) in [6.07, 6.45) is -0.745. The molecule has 1 atom stereocenters. The molecule has 3 heterocycles. The van der Waals surface area contributed by atoms with Crippen molar-refractivity contribution in [2.45, 2.75) is 6.17 Å². The molecule has 10 nitrogen and oxygen atoms in total. The zero-order valence-corrected chi connectivity index (χ0v) is 18.1. The molecule has 6 rings (SSSR count). The molecule has 3 aromatic carbocycles. The van der Waals surface area contributed by atoms with Crippen molar-refractivity contribution in [3.63, 3.8) is 0 Å². The van der Waals surface area contributed by atoms with Crippen LogP contribution in [0.5, 0.6) is 0 Å². The summed E-state index contributed by atoms with van der Waals surface area (Å²) < 4.78 is 0. The van der Waals surface area contributed by atoms with Crippen molar-refractivity contribution in [1.29, 1.82) is 0 Å². The van der Waals surface area contributed by atoms with Gasteiger partial charge in [-0.05, 0) is 36.4 Å². The summed E-state index contributed by atoms with van der Waals surface area (Å²) in [5.74, 6) is -1.08. The van der Waals surface area contributed by atoms with Gasteiger partial charge < -0.3 is 20.2 Å². The second-order valence-corrected chi connectivity index (χ2v) is 8.30. The van der Waals surface area contributed by atoms with E-state index in [9.17, 15) is 24.0 Å². The van der Waals surface area contributed by atoms with Crippen molar-refractivity contribution >= 4 is 40.1 Å². The summed E-state index contributed by atoms with van der Waals surface area (Å²) >= 11 is 0. The molecular formula is C25H17N5O5. The summed E-state index contributed by atoms with van der Waals surface area (Å²) in [6.45, 7) is -0.309. The minimum atomic E-state index is -0.803. The highest BCUT2D eigenvalue weighted by atomic mass is 16.2.